The minimum atomic E-state index is -0.777. The molecule has 2 N–H and O–H groups in total. The number of Topliss-reactive ketones (excluding diaryl/α,β-unsaturated/α-hetero) is 1. The molecule has 27 heavy (non-hydrogen) atoms. The number of ketones is 1. The molecule has 0 aliphatic carbocycles. The Morgan fingerprint density at radius 3 is 2.70 bits per heavy atom. The smallest absolute Gasteiger partial charge is 0.303 e. The monoisotopic (exact) mass is 376 g/mol. The van der Waals surface area contributed by atoms with Gasteiger partial charge in [-0.1, -0.05) is 49.6 Å². The first-order valence-corrected chi connectivity index (χ1v) is 9.46. The topological polar surface area (TPSA) is 93.1 Å². The molecule has 0 aromatic heterocycles. The number of carboxylic acids is 1. The number of hydrogen-bond donors (Lipinski definition) is 2. The van der Waals surface area contributed by atoms with E-state index in [0.717, 1.165) is 25.7 Å². The predicted octanol–water partition coefficient (Wildman–Crippen LogP) is 2.99. The predicted molar refractivity (Wildman–Crippen MR) is 101 cm³/mol. The van der Waals surface area contributed by atoms with Gasteiger partial charge < -0.3 is 19.7 Å². The van der Waals surface area contributed by atoms with Crippen LogP contribution in [-0.4, -0.2) is 47.4 Å². The number of carbonyl (C=O) groups is 2. The molecule has 0 spiro atoms. The fourth-order valence-electron chi connectivity index (χ4n) is 3.09. The number of unbranched alkanes of at least 4 members (excludes halogenated alkanes) is 3. The molecule has 3 atom stereocenters. The van der Waals surface area contributed by atoms with Crippen LogP contribution in [0.1, 0.15) is 38.5 Å². The van der Waals surface area contributed by atoms with Gasteiger partial charge in [-0.2, -0.15) is 0 Å². The van der Waals surface area contributed by atoms with Gasteiger partial charge in [-0.3, -0.25) is 9.59 Å². The Kier molecular flexibility index (Phi) is 9.01. The molecule has 0 amide bonds. The van der Waals surface area contributed by atoms with E-state index < -0.39 is 12.1 Å². The summed E-state index contributed by atoms with van der Waals surface area (Å²) in [6, 6.07) is 9.26. The van der Waals surface area contributed by atoms with Crippen molar-refractivity contribution in [2.45, 2.75) is 50.7 Å². The van der Waals surface area contributed by atoms with Gasteiger partial charge in [-0.05, 0) is 25.0 Å². The van der Waals surface area contributed by atoms with Gasteiger partial charge in [-0.15, -0.1) is 0 Å². The van der Waals surface area contributed by atoms with Gasteiger partial charge in [0.05, 0.1) is 6.10 Å². The summed E-state index contributed by atoms with van der Waals surface area (Å²) < 4.78 is 11.0. The second kappa shape index (κ2) is 11.5. The first-order valence-electron chi connectivity index (χ1n) is 9.46. The van der Waals surface area contributed by atoms with Crippen molar-refractivity contribution in [3.05, 3.63) is 42.5 Å². The van der Waals surface area contributed by atoms with E-state index in [1.165, 1.54) is 0 Å². The second-order valence-corrected chi connectivity index (χ2v) is 6.77. The lowest BCUT2D eigenvalue weighted by Gasteiger charge is -2.14. The first-order chi connectivity index (χ1) is 13.1. The van der Waals surface area contributed by atoms with Crippen molar-refractivity contribution in [2.75, 3.05) is 13.2 Å². The van der Waals surface area contributed by atoms with Crippen LogP contribution in [0, 0.1) is 5.92 Å². The zero-order valence-electron chi connectivity index (χ0n) is 15.5. The van der Waals surface area contributed by atoms with Crippen molar-refractivity contribution in [3.8, 4) is 5.75 Å². The molecule has 6 heteroatoms. The number of aliphatic carboxylic acids is 1. The van der Waals surface area contributed by atoms with E-state index in [1.54, 1.807) is 12.2 Å². The highest BCUT2D eigenvalue weighted by Gasteiger charge is 2.33. The van der Waals surface area contributed by atoms with E-state index in [-0.39, 0.29) is 37.4 Å². The molecule has 1 aromatic rings. The highest BCUT2D eigenvalue weighted by molar-refractivity contribution is 5.84. The Morgan fingerprint density at radius 1 is 1.22 bits per heavy atom. The molecule has 1 fully saturated rings. The third kappa shape index (κ3) is 7.93. The van der Waals surface area contributed by atoms with Crippen molar-refractivity contribution in [2.24, 2.45) is 5.92 Å². The molecule has 2 rings (SSSR count). The molecule has 1 aromatic carbocycles. The standard InChI is InChI=1S/C21H28O6/c22-16(14-26-17-8-4-3-5-9-17)12-13-20-18(19(23)15-27-20)10-6-1-2-7-11-21(24)25/h3-5,8-9,12-13,16,18,20,22H,1-2,6-7,10-11,14-15H2,(H,24,25)/b13-12+/t16-,18+,20-/m1/s1. The van der Waals surface area contributed by atoms with Crippen molar-refractivity contribution >= 4 is 11.8 Å². The molecule has 6 nitrogen and oxygen atoms in total. The van der Waals surface area contributed by atoms with Gasteiger partial charge in [0.2, 0.25) is 0 Å². The summed E-state index contributed by atoms with van der Waals surface area (Å²) in [5, 5.41) is 18.7. The number of aliphatic hydroxyl groups is 1. The average molecular weight is 376 g/mol. The van der Waals surface area contributed by atoms with Crippen molar-refractivity contribution in [1.29, 1.82) is 0 Å². The lowest BCUT2D eigenvalue weighted by Crippen LogP contribution is -2.20. The highest BCUT2D eigenvalue weighted by atomic mass is 16.5. The SMILES string of the molecule is O=C(O)CCCCCC[C@H]1C(=O)CO[C@@H]1/C=C/[C@@H](O)COc1ccccc1. The van der Waals surface area contributed by atoms with E-state index in [1.807, 2.05) is 30.3 Å². The fourth-order valence-corrected chi connectivity index (χ4v) is 3.09. The number of carbonyl (C=O) groups excluding carboxylic acids is 1. The largest absolute Gasteiger partial charge is 0.491 e. The number of hydrogen-bond acceptors (Lipinski definition) is 5. The van der Waals surface area contributed by atoms with Crippen LogP contribution in [0.25, 0.3) is 0 Å². The van der Waals surface area contributed by atoms with Gasteiger partial charge in [0.15, 0.2) is 5.78 Å². The summed E-state index contributed by atoms with van der Waals surface area (Å²) in [5.74, 6) is -0.180. The average Bonchev–Trinajstić information content (AvgIpc) is 3.01. The third-order valence-electron chi connectivity index (χ3n) is 4.57. The minimum absolute atomic E-state index is 0.0882. The molecule has 0 bridgehead atoms. The highest BCUT2D eigenvalue weighted by Crippen LogP contribution is 2.25. The van der Waals surface area contributed by atoms with E-state index in [9.17, 15) is 14.7 Å². The summed E-state index contributed by atoms with van der Waals surface area (Å²) in [7, 11) is 0. The normalized spacial score (nSPS) is 20.9. The maximum Gasteiger partial charge on any atom is 0.303 e. The summed E-state index contributed by atoms with van der Waals surface area (Å²) >= 11 is 0. The Hall–Kier alpha value is -2.18. The van der Waals surface area contributed by atoms with Gasteiger partial charge in [0, 0.05) is 12.3 Å². The number of benzene rings is 1. The second-order valence-electron chi connectivity index (χ2n) is 6.77. The summed E-state index contributed by atoms with van der Waals surface area (Å²) in [6.45, 7) is 0.241. The van der Waals surface area contributed by atoms with Gasteiger partial charge in [0.25, 0.3) is 0 Å². The summed E-state index contributed by atoms with van der Waals surface area (Å²) in [6.07, 6.45) is 6.47. The molecule has 0 saturated carbocycles. The first kappa shape index (κ1) is 21.1. The van der Waals surface area contributed by atoms with Crippen LogP contribution in [0.4, 0.5) is 0 Å². The van der Waals surface area contributed by atoms with Gasteiger partial charge >= 0.3 is 5.97 Å². The molecule has 1 heterocycles. The van der Waals surface area contributed by atoms with Crippen LogP contribution in [0.15, 0.2) is 42.5 Å². The van der Waals surface area contributed by atoms with Crippen LogP contribution >= 0.6 is 0 Å². The van der Waals surface area contributed by atoms with Gasteiger partial charge in [0.1, 0.15) is 25.1 Å². The van der Waals surface area contributed by atoms with E-state index >= 15 is 0 Å². The summed E-state index contributed by atoms with van der Waals surface area (Å²) in [5.41, 5.74) is 0. The van der Waals surface area contributed by atoms with Gasteiger partial charge in [-0.25, -0.2) is 0 Å². The van der Waals surface area contributed by atoms with Crippen molar-refractivity contribution in [3.63, 3.8) is 0 Å². The molecule has 0 radical (unpaired) electrons. The van der Waals surface area contributed by atoms with E-state index in [0.29, 0.717) is 12.2 Å². The Bertz CT molecular complexity index is 612. The summed E-state index contributed by atoms with van der Waals surface area (Å²) in [4.78, 5) is 22.5. The van der Waals surface area contributed by atoms with Crippen LogP contribution in [0.2, 0.25) is 0 Å². The Balaban J connectivity index is 1.70. The van der Waals surface area contributed by atoms with Crippen molar-refractivity contribution < 1.29 is 29.3 Å². The number of carboxylic acid groups (broad SMARTS) is 1. The zero-order chi connectivity index (χ0) is 19.5. The number of ether oxygens (including phenoxy) is 2. The minimum Gasteiger partial charge on any atom is -0.491 e. The maximum atomic E-state index is 12.0. The molecule has 0 unspecified atom stereocenters. The van der Waals surface area contributed by atoms with E-state index in [4.69, 9.17) is 14.6 Å². The molecule has 1 aliphatic rings. The lowest BCUT2D eigenvalue weighted by molar-refractivity contribution is -0.137. The molecule has 148 valence electrons. The van der Waals surface area contributed by atoms with Crippen LogP contribution in [0.5, 0.6) is 5.75 Å². The quantitative estimate of drug-likeness (QED) is 0.430. The van der Waals surface area contributed by atoms with Crippen LogP contribution < -0.4 is 4.74 Å². The third-order valence-corrected chi connectivity index (χ3v) is 4.57. The Morgan fingerprint density at radius 2 is 1.96 bits per heavy atom. The fraction of sp³-hybridized carbons (Fsp3) is 0.524. The molecule has 1 aliphatic heterocycles. The Labute approximate surface area is 159 Å². The zero-order valence-corrected chi connectivity index (χ0v) is 15.5. The molecular weight excluding hydrogens is 348 g/mol. The molecular formula is C21H28O6. The van der Waals surface area contributed by atoms with Crippen LogP contribution in [-0.2, 0) is 14.3 Å². The number of rotatable bonds is 12. The maximum absolute atomic E-state index is 12.0. The number of para-hydroxylation sites is 1. The lowest BCUT2D eigenvalue weighted by atomic mass is 9.93. The molecule has 1 saturated heterocycles. The van der Waals surface area contributed by atoms with Crippen molar-refractivity contribution in [1.82, 2.24) is 0 Å². The van der Waals surface area contributed by atoms with Crippen LogP contribution in [0.3, 0.4) is 0 Å². The van der Waals surface area contributed by atoms with E-state index in [2.05, 4.69) is 0 Å². The number of aliphatic hydroxyl groups excluding tert-OH is 1.